The number of carbonyl (C=O) groups excluding carboxylic acids is 1. The van der Waals surface area contributed by atoms with Crippen molar-refractivity contribution in [1.82, 2.24) is 10.4 Å². The molecule has 1 aliphatic heterocycles. The minimum absolute atomic E-state index is 0.205. The maximum atomic E-state index is 12.0. The lowest BCUT2D eigenvalue weighted by Gasteiger charge is -2.03. The summed E-state index contributed by atoms with van der Waals surface area (Å²) in [5, 5.41) is 5.88. The molecule has 0 spiro atoms. The molecule has 4 rings (SSSR count). The van der Waals surface area contributed by atoms with E-state index in [1.165, 1.54) is 11.8 Å². The van der Waals surface area contributed by atoms with Crippen molar-refractivity contribution in [2.45, 2.75) is 5.03 Å². The maximum Gasteiger partial charge on any atom is 0.250 e. The number of nitrogens with zero attached hydrogens (tertiary/aromatic N) is 2. The van der Waals surface area contributed by atoms with Gasteiger partial charge in [0.25, 0.3) is 0 Å². The maximum absolute atomic E-state index is 12.0. The molecule has 0 aliphatic carbocycles. The number of nitrogens with one attached hydrogen (secondary N) is 1. The van der Waals surface area contributed by atoms with Crippen LogP contribution in [0.2, 0.25) is 0 Å². The summed E-state index contributed by atoms with van der Waals surface area (Å²) < 4.78 is 11.4. The summed E-state index contributed by atoms with van der Waals surface area (Å²) in [6, 6.07) is 15.4. The first-order valence-electron chi connectivity index (χ1n) is 8.09. The Morgan fingerprint density at radius 1 is 1.22 bits per heavy atom. The Hall–Kier alpha value is -2.58. The number of rotatable bonds is 5. The topological polar surface area (TPSA) is 72.8 Å². The van der Waals surface area contributed by atoms with Crippen LogP contribution in [-0.2, 0) is 4.79 Å². The number of para-hydroxylation sites is 1. The van der Waals surface area contributed by atoms with Crippen LogP contribution in [0.15, 0.2) is 63.1 Å². The van der Waals surface area contributed by atoms with E-state index in [1.54, 1.807) is 12.3 Å². The first-order chi connectivity index (χ1) is 13.2. The van der Waals surface area contributed by atoms with Crippen LogP contribution in [0, 0.1) is 0 Å². The number of fused-ring (bicyclic) bond motifs is 2. The molecule has 8 heteroatoms. The monoisotopic (exact) mass is 443 g/mol. The highest BCUT2D eigenvalue weighted by molar-refractivity contribution is 9.10. The van der Waals surface area contributed by atoms with Gasteiger partial charge in [-0.2, -0.15) is 5.10 Å². The van der Waals surface area contributed by atoms with E-state index in [0.29, 0.717) is 11.5 Å². The van der Waals surface area contributed by atoms with Crippen LogP contribution in [0.3, 0.4) is 0 Å². The first kappa shape index (κ1) is 17.8. The van der Waals surface area contributed by atoms with E-state index < -0.39 is 0 Å². The van der Waals surface area contributed by atoms with Crippen molar-refractivity contribution in [2.75, 3.05) is 12.5 Å². The van der Waals surface area contributed by atoms with Crippen molar-refractivity contribution in [3.63, 3.8) is 0 Å². The van der Waals surface area contributed by atoms with Gasteiger partial charge in [-0.3, -0.25) is 4.79 Å². The van der Waals surface area contributed by atoms with Crippen LogP contribution in [0.5, 0.6) is 11.5 Å². The van der Waals surface area contributed by atoms with E-state index in [2.05, 4.69) is 31.4 Å². The second kappa shape index (κ2) is 7.98. The lowest BCUT2D eigenvalue weighted by atomic mass is 10.2. The van der Waals surface area contributed by atoms with Gasteiger partial charge in [-0.15, -0.1) is 0 Å². The van der Waals surface area contributed by atoms with Gasteiger partial charge in [0, 0.05) is 15.4 Å². The van der Waals surface area contributed by atoms with Gasteiger partial charge in [0.15, 0.2) is 11.5 Å². The molecule has 0 radical (unpaired) electrons. The van der Waals surface area contributed by atoms with Gasteiger partial charge in [0.1, 0.15) is 0 Å². The lowest BCUT2D eigenvalue weighted by Crippen LogP contribution is -2.19. The van der Waals surface area contributed by atoms with Crippen molar-refractivity contribution >= 4 is 50.7 Å². The molecule has 1 amide bonds. The molecule has 0 fully saturated rings. The second-order valence-corrected chi connectivity index (χ2v) is 7.50. The van der Waals surface area contributed by atoms with Crippen molar-refractivity contribution in [1.29, 1.82) is 0 Å². The van der Waals surface area contributed by atoms with Gasteiger partial charge in [0.05, 0.1) is 22.5 Å². The SMILES string of the molecule is O=C(CSc1ccc2ccccc2n1)NN=Cc1cc2c(cc1Br)OCO2. The van der Waals surface area contributed by atoms with E-state index in [0.717, 1.165) is 26.0 Å². The average Bonchev–Trinajstić information content (AvgIpc) is 3.13. The van der Waals surface area contributed by atoms with Gasteiger partial charge in [0.2, 0.25) is 12.7 Å². The summed E-state index contributed by atoms with van der Waals surface area (Å²) in [7, 11) is 0. The Labute approximate surface area is 168 Å². The predicted molar refractivity (Wildman–Crippen MR) is 108 cm³/mol. The highest BCUT2D eigenvalue weighted by Gasteiger charge is 2.15. The third-order valence-corrected chi connectivity index (χ3v) is 5.43. The molecule has 3 aromatic rings. The van der Waals surface area contributed by atoms with Gasteiger partial charge >= 0.3 is 0 Å². The van der Waals surface area contributed by atoms with Crippen LogP contribution in [0.4, 0.5) is 0 Å². The van der Waals surface area contributed by atoms with Gasteiger partial charge in [-0.25, -0.2) is 10.4 Å². The summed E-state index contributed by atoms with van der Waals surface area (Å²) >= 11 is 4.81. The van der Waals surface area contributed by atoms with Crippen LogP contribution in [0.25, 0.3) is 10.9 Å². The Morgan fingerprint density at radius 3 is 2.93 bits per heavy atom. The fourth-order valence-corrected chi connectivity index (χ4v) is 3.60. The minimum atomic E-state index is -0.205. The minimum Gasteiger partial charge on any atom is -0.454 e. The normalized spacial score (nSPS) is 12.6. The zero-order valence-electron chi connectivity index (χ0n) is 14.0. The van der Waals surface area contributed by atoms with Crippen LogP contribution < -0.4 is 14.9 Å². The highest BCUT2D eigenvalue weighted by atomic mass is 79.9. The number of aromatic nitrogens is 1. The Kier molecular flexibility index (Phi) is 5.26. The quantitative estimate of drug-likeness (QED) is 0.366. The molecule has 0 saturated carbocycles. The van der Waals surface area contributed by atoms with Gasteiger partial charge < -0.3 is 9.47 Å². The van der Waals surface area contributed by atoms with E-state index in [1.807, 2.05) is 42.5 Å². The Morgan fingerprint density at radius 2 is 2.04 bits per heavy atom. The van der Waals surface area contributed by atoms with Crippen LogP contribution in [0.1, 0.15) is 5.56 Å². The zero-order valence-corrected chi connectivity index (χ0v) is 16.4. The lowest BCUT2D eigenvalue weighted by molar-refractivity contribution is -0.118. The zero-order chi connectivity index (χ0) is 18.6. The number of carbonyl (C=O) groups is 1. The predicted octanol–water partition coefficient (Wildman–Crippen LogP) is 3.97. The molecule has 2 aromatic carbocycles. The summed E-state index contributed by atoms with van der Waals surface area (Å²) in [4.78, 5) is 16.5. The third-order valence-electron chi connectivity index (χ3n) is 3.81. The Bertz CT molecular complexity index is 1040. The number of benzene rings is 2. The molecule has 1 N–H and O–H groups in total. The number of hydrogen-bond acceptors (Lipinski definition) is 6. The standard InChI is InChI=1S/C19H14BrN3O3S/c20-14-8-17-16(25-11-26-17)7-13(14)9-21-23-18(24)10-27-19-6-5-12-3-1-2-4-15(12)22-19/h1-9H,10-11H2,(H,23,24). The number of hydrogen-bond donors (Lipinski definition) is 1. The van der Waals surface area contributed by atoms with Crippen molar-refractivity contribution in [3.05, 3.63) is 58.6 Å². The highest BCUT2D eigenvalue weighted by Crippen LogP contribution is 2.36. The molecular formula is C19H14BrN3O3S. The Balaban J connectivity index is 1.33. The van der Waals surface area contributed by atoms with E-state index >= 15 is 0 Å². The van der Waals surface area contributed by atoms with Crippen molar-refractivity contribution in [3.8, 4) is 11.5 Å². The summed E-state index contributed by atoms with van der Waals surface area (Å²) in [5.41, 5.74) is 4.21. The fraction of sp³-hybridized carbons (Fsp3) is 0.105. The molecule has 1 aromatic heterocycles. The number of ether oxygens (including phenoxy) is 2. The van der Waals surface area contributed by atoms with Crippen LogP contribution in [-0.4, -0.2) is 29.7 Å². The number of amides is 1. The van der Waals surface area contributed by atoms with Crippen molar-refractivity contribution in [2.24, 2.45) is 5.10 Å². The number of hydrazone groups is 1. The molecule has 27 heavy (non-hydrogen) atoms. The smallest absolute Gasteiger partial charge is 0.250 e. The van der Waals surface area contributed by atoms with Gasteiger partial charge in [-0.1, -0.05) is 36.0 Å². The molecule has 0 bridgehead atoms. The molecule has 0 saturated heterocycles. The molecule has 1 aliphatic rings. The first-order valence-corrected chi connectivity index (χ1v) is 9.86. The fourth-order valence-electron chi connectivity index (χ4n) is 2.51. The van der Waals surface area contributed by atoms with Crippen molar-refractivity contribution < 1.29 is 14.3 Å². The van der Waals surface area contributed by atoms with E-state index in [4.69, 9.17) is 9.47 Å². The second-order valence-electron chi connectivity index (χ2n) is 5.65. The summed E-state index contributed by atoms with van der Waals surface area (Å²) in [6.45, 7) is 0.207. The molecular weight excluding hydrogens is 430 g/mol. The summed E-state index contributed by atoms with van der Waals surface area (Å²) in [5.74, 6) is 1.36. The number of halogens is 1. The molecule has 6 nitrogen and oxygen atoms in total. The van der Waals surface area contributed by atoms with Gasteiger partial charge in [-0.05, 0) is 40.2 Å². The number of pyridine rings is 1. The average molecular weight is 444 g/mol. The van der Waals surface area contributed by atoms with Crippen LogP contribution >= 0.6 is 27.7 Å². The largest absolute Gasteiger partial charge is 0.454 e. The number of thioether (sulfide) groups is 1. The molecule has 2 heterocycles. The summed E-state index contributed by atoms with van der Waals surface area (Å²) in [6.07, 6.45) is 1.56. The van der Waals surface area contributed by atoms with E-state index in [9.17, 15) is 4.79 Å². The van der Waals surface area contributed by atoms with E-state index in [-0.39, 0.29) is 18.5 Å². The molecule has 0 atom stereocenters. The third kappa shape index (κ3) is 4.23. The molecule has 136 valence electrons. The molecule has 0 unspecified atom stereocenters.